The maximum atomic E-state index is 12.5. The van der Waals surface area contributed by atoms with Gasteiger partial charge in [0.2, 0.25) is 0 Å². The summed E-state index contributed by atoms with van der Waals surface area (Å²) < 4.78 is 11.7. The van der Waals surface area contributed by atoms with Gasteiger partial charge in [-0.3, -0.25) is 4.79 Å². The van der Waals surface area contributed by atoms with Gasteiger partial charge < -0.3 is 9.47 Å². The highest BCUT2D eigenvalue weighted by Crippen LogP contribution is 2.20. The number of carbonyl (C=O) groups excluding carboxylic acids is 2. The van der Waals surface area contributed by atoms with Crippen LogP contribution >= 0.6 is 0 Å². The Hall–Kier alpha value is -3.67. The van der Waals surface area contributed by atoms with E-state index >= 15 is 0 Å². The third-order valence-corrected chi connectivity index (χ3v) is 4.47. The van der Waals surface area contributed by atoms with Gasteiger partial charge in [-0.15, -0.1) is 0 Å². The molecule has 0 unspecified atom stereocenters. The SMILES string of the molecule is COC(=O)COc1ccc(C(=O)C=Cc2c(C)nn(-c3ccccc3)c2C)cc1. The van der Waals surface area contributed by atoms with Gasteiger partial charge in [0.25, 0.3) is 0 Å². The molecule has 0 N–H and O–H groups in total. The molecule has 1 aromatic heterocycles. The van der Waals surface area contributed by atoms with Crippen molar-refractivity contribution in [1.82, 2.24) is 9.78 Å². The highest BCUT2D eigenvalue weighted by molar-refractivity contribution is 6.07. The number of para-hydroxylation sites is 1. The summed E-state index contributed by atoms with van der Waals surface area (Å²) in [6, 6.07) is 16.5. The lowest BCUT2D eigenvalue weighted by molar-refractivity contribution is -0.142. The number of hydrogen-bond acceptors (Lipinski definition) is 5. The maximum absolute atomic E-state index is 12.5. The molecule has 29 heavy (non-hydrogen) atoms. The summed E-state index contributed by atoms with van der Waals surface area (Å²) in [5.74, 6) is -0.0996. The molecule has 0 radical (unpaired) electrons. The van der Waals surface area contributed by atoms with Crippen LogP contribution in [0.3, 0.4) is 0 Å². The minimum absolute atomic E-state index is 0.129. The molecule has 0 bridgehead atoms. The van der Waals surface area contributed by atoms with Crippen LogP contribution in [0, 0.1) is 13.8 Å². The topological polar surface area (TPSA) is 70.4 Å². The number of nitrogens with zero attached hydrogens (tertiary/aromatic N) is 2. The number of rotatable bonds is 7. The summed E-state index contributed by atoms with van der Waals surface area (Å²) in [6.45, 7) is 3.72. The monoisotopic (exact) mass is 390 g/mol. The van der Waals surface area contributed by atoms with E-state index in [0.29, 0.717) is 11.3 Å². The van der Waals surface area contributed by atoms with Crippen molar-refractivity contribution < 1.29 is 19.1 Å². The lowest BCUT2D eigenvalue weighted by Crippen LogP contribution is -2.12. The first-order chi connectivity index (χ1) is 14.0. The quantitative estimate of drug-likeness (QED) is 0.347. The van der Waals surface area contributed by atoms with Gasteiger partial charge in [-0.2, -0.15) is 5.10 Å². The number of carbonyl (C=O) groups is 2. The highest BCUT2D eigenvalue weighted by Gasteiger charge is 2.11. The molecule has 3 rings (SSSR count). The van der Waals surface area contributed by atoms with Crippen LogP contribution in [0.25, 0.3) is 11.8 Å². The fourth-order valence-electron chi connectivity index (χ4n) is 2.89. The molecule has 0 amide bonds. The number of ether oxygens (including phenoxy) is 2. The molecule has 0 saturated carbocycles. The Morgan fingerprint density at radius 1 is 1.03 bits per heavy atom. The van der Waals surface area contributed by atoms with Gasteiger partial charge in [0.05, 0.1) is 18.5 Å². The number of allylic oxidation sites excluding steroid dienone is 1. The molecule has 0 aliphatic heterocycles. The summed E-state index contributed by atoms with van der Waals surface area (Å²) in [7, 11) is 1.30. The van der Waals surface area contributed by atoms with Gasteiger partial charge in [-0.25, -0.2) is 9.48 Å². The number of aromatic nitrogens is 2. The minimum Gasteiger partial charge on any atom is -0.482 e. The van der Waals surface area contributed by atoms with Crippen LogP contribution in [0.2, 0.25) is 0 Å². The number of ketones is 1. The van der Waals surface area contributed by atoms with Gasteiger partial charge in [-0.05, 0) is 62.4 Å². The van der Waals surface area contributed by atoms with Crippen LogP contribution in [-0.2, 0) is 9.53 Å². The smallest absolute Gasteiger partial charge is 0.343 e. The molecule has 6 nitrogen and oxygen atoms in total. The van der Waals surface area contributed by atoms with E-state index in [1.165, 1.54) is 13.2 Å². The standard InChI is InChI=1S/C23H22N2O4/c1-16-21(17(2)25(24-16)19-7-5-4-6-8-19)13-14-22(26)18-9-11-20(12-10-18)29-15-23(27)28-3/h4-14H,15H2,1-3H3. The fourth-order valence-corrected chi connectivity index (χ4v) is 2.89. The van der Waals surface area contributed by atoms with Crippen molar-refractivity contribution in [3.05, 3.63) is 83.2 Å². The first kappa shape index (κ1) is 20.1. The molecule has 2 aromatic carbocycles. The zero-order chi connectivity index (χ0) is 20.8. The molecule has 3 aromatic rings. The predicted octanol–water partition coefficient (Wildman–Crippen LogP) is 3.94. The average Bonchev–Trinajstić information content (AvgIpc) is 3.04. The largest absolute Gasteiger partial charge is 0.482 e. The summed E-state index contributed by atoms with van der Waals surface area (Å²) >= 11 is 0. The Kier molecular flexibility index (Phi) is 6.24. The van der Waals surface area contributed by atoms with Crippen molar-refractivity contribution in [1.29, 1.82) is 0 Å². The Bertz CT molecular complexity index is 1030. The van der Waals surface area contributed by atoms with Crippen LogP contribution in [0.5, 0.6) is 5.75 Å². The van der Waals surface area contributed by atoms with Crippen LogP contribution in [0.4, 0.5) is 0 Å². The lowest BCUT2D eigenvalue weighted by Gasteiger charge is -2.05. The molecule has 0 atom stereocenters. The molecule has 0 aliphatic carbocycles. The molecule has 0 spiro atoms. The van der Waals surface area contributed by atoms with E-state index in [1.54, 1.807) is 30.3 Å². The number of benzene rings is 2. The Labute approximate surface area is 169 Å². The van der Waals surface area contributed by atoms with Crippen LogP contribution in [-0.4, -0.2) is 35.2 Å². The second-order valence-electron chi connectivity index (χ2n) is 6.42. The summed E-state index contributed by atoms with van der Waals surface area (Å²) in [4.78, 5) is 23.6. The first-order valence-corrected chi connectivity index (χ1v) is 9.13. The maximum Gasteiger partial charge on any atom is 0.343 e. The molecule has 1 heterocycles. The van der Waals surface area contributed by atoms with E-state index in [4.69, 9.17) is 4.74 Å². The van der Waals surface area contributed by atoms with Crippen LogP contribution in [0.15, 0.2) is 60.7 Å². The predicted molar refractivity (Wildman–Crippen MR) is 110 cm³/mol. The van der Waals surface area contributed by atoms with Crippen molar-refractivity contribution >= 4 is 17.8 Å². The Morgan fingerprint density at radius 3 is 2.38 bits per heavy atom. The first-order valence-electron chi connectivity index (χ1n) is 9.13. The highest BCUT2D eigenvalue weighted by atomic mass is 16.6. The van der Waals surface area contributed by atoms with Gasteiger partial charge in [0, 0.05) is 16.8 Å². The van der Waals surface area contributed by atoms with E-state index in [2.05, 4.69) is 9.84 Å². The van der Waals surface area contributed by atoms with E-state index in [9.17, 15) is 9.59 Å². The lowest BCUT2D eigenvalue weighted by atomic mass is 10.1. The van der Waals surface area contributed by atoms with Crippen LogP contribution < -0.4 is 4.74 Å². The molecular weight excluding hydrogens is 368 g/mol. The third kappa shape index (κ3) is 4.79. The van der Waals surface area contributed by atoms with Crippen molar-refractivity contribution in [2.75, 3.05) is 13.7 Å². The van der Waals surface area contributed by atoms with E-state index < -0.39 is 5.97 Å². The second kappa shape index (κ2) is 9.01. The second-order valence-corrected chi connectivity index (χ2v) is 6.42. The number of methoxy groups -OCH3 is 1. The molecular formula is C23H22N2O4. The van der Waals surface area contributed by atoms with Crippen LogP contribution in [0.1, 0.15) is 27.3 Å². The fraction of sp³-hybridized carbons (Fsp3) is 0.174. The van der Waals surface area contributed by atoms with Crippen molar-refractivity contribution in [2.45, 2.75) is 13.8 Å². The summed E-state index contributed by atoms with van der Waals surface area (Å²) in [5.41, 5.74) is 4.23. The molecule has 6 heteroatoms. The minimum atomic E-state index is -0.463. The van der Waals surface area contributed by atoms with Gasteiger partial charge >= 0.3 is 5.97 Å². The van der Waals surface area contributed by atoms with Crippen molar-refractivity contribution in [2.24, 2.45) is 0 Å². The number of esters is 1. The Balaban J connectivity index is 1.72. The van der Waals surface area contributed by atoms with Gasteiger partial charge in [0.15, 0.2) is 12.4 Å². The Morgan fingerprint density at radius 2 is 1.72 bits per heavy atom. The molecule has 0 saturated heterocycles. The molecule has 0 fully saturated rings. The molecule has 0 aliphatic rings. The zero-order valence-corrected chi connectivity index (χ0v) is 16.6. The molecule has 148 valence electrons. The summed E-state index contributed by atoms with van der Waals surface area (Å²) in [6.07, 6.45) is 3.33. The van der Waals surface area contributed by atoms with Crippen molar-refractivity contribution in [3.8, 4) is 11.4 Å². The van der Waals surface area contributed by atoms with Crippen molar-refractivity contribution in [3.63, 3.8) is 0 Å². The normalized spacial score (nSPS) is 10.9. The summed E-state index contributed by atoms with van der Waals surface area (Å²) in [5, 5.41) is 4.58. The van der Waals surface area contributed by atoms with E-state index in [-0.39, 0.29) is 12.4 Å². The third-order valence-electron chi connectivity index (χ3n) is 4.47. The van der Waals surface area contributed by atoms with E-state index in [0.717, 1.165) is 22.6 Å². The van der Waals surface area contributed by atoms with E-state index in [1.807, 2.05) is 48.9 Å². The zero-order valence-electron chi connectivity index (χ0n) is 16.6. The van der Waals surface area contributed by atoms with Gasteiger partial charge in [-0.1, -0.05) is 18.2 Å². The number of hydrogen-bond donors (Lipinski definition) is 0. The number of aryl methyl sites for hydroxylation is 1. The van der Waals surface area contributed by atoms with Gasteiger partial charge in [0.1, 0.15) is 5.75 Å². The average molecular weight is 390 g/mol.